The van der Waals surface area contributed by atoms with Crippen LogP contribution in [0.5, 0.6) is 0 Å². The highest BCUT2D eigenvalue weighted by Gasteiger charge is 2.30. The van der Waals surface area contributed by atoms with Crippen molar-refractivity contribution in [1.82, 2.24) is 9.47 Å². The van der Waals surface area contributed by atoms with E-state index in [0.29, 0.717) is 11.6 Å². The number of rotatable bonds is 2. The lowest BCUT2D eigenvalue weighted by Crippen LogP contribution is -2.37. The summed E-state index contributed by atoms with van der Waals surface area (Å²) in [5.41, 5.74) is 4.13. The lowest BCUT2D eigenvalue weighted by molar-refractivity contribution is 0.181. The summed E-state index contributed by atoms with van der Waals surface area (Å²) in [6, 6.07) is 19.4. The number of para-hydroxylation sites is 1. The van der Waals surface area contributed by atoms with Gasteiger partial charge in [0.15, 0.2) is 0 Å². The second-order valence-corrected chi connectivity index (χ2v) is 6.86. The summed E-state index contributed by atoms with van der Waals surface area (Å²) in [5, 5.41) is 3.65. The molecule has 0 unspecified atom stereocenters. The average molecular weight is 366 g/mol. The number of aromatic nitrogens is 1. The molecule has 26 heavy (non-hydrogen) atoms. The van der Waals surface area contributed by atoms with Crippen molar-refractivity contribution in [2.45, 2.75) is 25.9 Å². The predicted molar refractivity (Wildman–Crippen MR) is 105 cm³/mol. The fraction of sp³-hybridized carbons (Fsp3) is 0.190. The lowest BCUT2D eigenvalue weighted by Gasteiger charge is -2.29. The van der Waals surface area contributed by atoms with Gasteiger partial charge >= 0.3 is 6.03 Å². The van der Waals surface area contributed by atoms with E-state index in [1.54, 1.807) is 12.1 Å². The third-order valence-electron chi connectivity index (χ3n) is 4.83. The Morgan fingerprint density at radius 2 is 1.88 bits per heavy atom. The van der Waals surface area contributed by atoms with Gasteiger partial charge in [-0.25, -0.2) is 4.79 Å². The van der Waals surface area contributed by atoms with Gasteiger partial charge in [-0.3, -0.25) is 0 Å². The number of urea groups is 1. The average Bonchev–Trinajstić information content (AvgIpc) is 3.08. The Morgan fingerprint density at radius 3 is 2.65 bits per heavy atom. The van der Waals surface area contributed by atoms with Gasteiger partial charge in [0.2, 0.25) is 0 Å². The Balaban J connectivity index is 1.71. The molecule has 1 atom stereocenters. The molecule has 3 aromatic rings. The fourth-order valence-corrected chi connectivity index (χ4v) is 3.72. The number of nitrogens with zero attached hydrogens (tertiary/aromatic N) is 2. The molecule has 0 saturated heterocycles. The predicted octanol–water partition coefficient (Wildman–Crippen LogP) is 5.63. The van der Waals surface area contributed by atoms with E-state index in [-0.39, 0.29) is 12.1 Å². The monoisotopic (exact) mass is 365 g/mol. The lowest BCUT2D eigenvalue weighted by atomic mass is 10.1. The topological polar surface area (TPSA) is 37.3 Å². The Labute approximate surface area is 158 Å². The van der Waals surface area contributed by atoms with Crippen LogP contribution < -0.4 is 5.32 Å². The Kier molecular flexibility index (Phi) is 4.43. The molecule has 2 heterocycles. The van der Waals surface area contributed by atoms with E-state index >= 15 is 0 Å². The maximum Gasteiger partial charge on any atom is 0.322 e. The van der Waals surface area contributed by atoms with Crippen LogP contribution in [0.15, 0.2) is 66.9 Å². The normalized spacial score (nSPS) is 15.8. The molecule has 2 amide bonds. The summed E-state index contributed by atoms with van der Waals surface area (Å²) in [7, 11) is 0. The maximum absolute atomic E-state index is 13.1. The third-order valence-corrected chi connectivity index (χ3v) is 5.08. The van der Waals surface area contributed by atoms with Crippen molar-refractivity contribution in [3.8, 4) is 5.69 Å². The number of halogens is 1. The van der Waals surface area contributed by atoms with Crippen LogP contribution in [0.1, 0.15) is 30.6 Å². The zero-order chi connectivity index (χ0) is 18.1. The summed E-state index contributed by atoms with van der Waals surface area (Å²) in [6.07, 6.45) is 2.91. The molecule has 0 radical (unpaired) electrons. The van der Waals surface area contributed by atoms with Crippen LogP contribution in [0, 0.1) is 0 Å². The van der Waals surface area contributed by atoms with E-state index in [9.17, 15) is 4.79 Å². The van der Waals surface area contributed by atoms with E-state index in [4.69, 9.17) is 11.6 Å². The van der Waals surface area contributed by atoms with Gasteiger partial charge in [0, 0.05) is 22.6 Å². The van der Waals surface area contributed by atoms with E-state index in [1.165, 1.54) is 0 Å². The zero-order valence-corrected chi connectivity index (χ0v) is 15.3. The van der Waals surface area contributed by atoms with Crippen LogP contribution in [0.3, 0.4) is 0 Å². The highest BCUT2D eigenvalue weighted by atomic mass is 35.5. The molecule has 1 aromatic heterocycles. The van der Waals surface area contributed by atoms with Crippen molar-refractivity contribution in [1.29, 1.82) is 0 Å². The van der Waals surface area contributed by atoms with Crippen molar-refractivity contribution in [3.05, 3.63) is 83.1 Å². The molecule has 0 spiro atoms. The number of benzene rings is 2. The van der Waals surface area contributed by atoms with Gasteiger partial charge in [-0.15, -0.1) is 0 Å². The molecule has 4 rings (SSSR count). The first kappa shape index (κ1) is 16.7. The number of nitrogens with one attached hydrogen (secondary N) is 1. The summed E-state index contributed by atoms with van der Waals surface area (Å²) >= 11 is 5.94. The van der Waals surface area contributed by atoms with Gasteiger partial charge in [0.1, 0.15) is 0 Å². The maximum atomic E-state index is 13.1. The van der Waals surface area contributed by atoms with Crippen LogP contribution in [-0.4, -0.2) is 15.5 Å². The van der Waals surface area contributed by atoms with E-state index < -0.39 is 0 Å². The zero-order valence-electron chi connectivity index (χ0n) is 14.5. The minimum absolute atomic E-state index is 0.00435. The third kappa shape index (κ3) is 2.97. The van der Waals surface area contributed by atoms with Gasteiger partial charge in [-0.2, -0.15) is 0 Å². The molecule has 0 saturated carbocycles. The number of hydrogen-bond acceptors (Lipinski definition) is 1. The second kappa shape index (κ2) is 6.89. The van der Waals surface area contributed by atoms with Crippen molar-refractivity contribution < 1.29 is 4.79 Å². The molecule has 0 aliphatic carbocycles. The molecule has 1 N–H and O–H groups in total. The quantitative estimate of drug-likeness (QED) is 0.627. The van der Waals surface area contributed by atoms with Crippen molar-refractivity contribution in [2.75, 3.05) is 5.32 Å². The van der Waals surface area contributed by atoms with E-state index in [1.807, 2.05) is 35.2 Å². The number of amides is 2. The smallest absolute Gasteiger partial charge is 0.318 e. The molecule has 4 nitrogen and oxygen atoms in total. The highest BCUT2D eigenvalue weighted by molar-refractivity contribution is 6.30. The number of fused-ring (bicyclic) bond motifs is 3. The first-order valence-corrected chi connectivity index (χ1v) is 9.14. The Morgan fingerprint density at radius 1 is 1.12 bits per heavy atom. The van der Waals surface area contributed by atoms with Crippen LogP contribution in [0.4, 0.5) is 10.5 Å². The molecule has 0 fully saturated rings. The molecule has 5 heteroatoms. The molecule has 1 aliphatic rings. The SMILES string of the molecule is CC[C@H]1c2cccn2-c2ccccc2CN1C(=O)Nc1ccc(Cl)cc1. The Bertz CT molecular complexity index is 932. The summed E-state index contributed by atoms with van der Waals surface area (Å²) in [5.74, 6) is 0. The minimum Gasteiger partial charge on any atom is -0.318 e. The summed E-state index contributed by atoms with van der Waals surface area (Å²) in [4.78, 5) is 15.0. The summed E-state index contributed by atoms with van der Waals surface area (Å²) in [6.45, 7) is 2.68. The molecule has 0 bridgehead atoms. The van der Waals surface area contributed by atoms with Crippen LogP contribution in [0.2, 0.25) is 5.02 Å². The van der Waals surface area contributed by atoms with E-state index in [0.717, 1.165) is 29.1 Å². The molecular weight excluding hydrogens is 346 g/mol. The van der Waals surface area contributed by atoms with Crippen LogP contribution in [0.25, 0.3) is 5.69 Å². The van der Waals surface area contributed by atoms with Gasteiger partial charge in [-0.1, -0.05) is 36.7 Å². The van der Waals surface area contributed by atoms with Gasteiger partial charge in [0.05, 0.1) is 18.3 Å². The molecule has 2 aromatic carbocycles. The molecular formula is C21H20ClN3O. The summed E-state index contributed by atoms with van der Waals surface area (Å²) < 4.78 is 2.19. The number of carbonyl (C=O) groups is 1. The van der Waals surface area contributed by atoms with Gasteiger partial charge in [-0.05, 0) is 54.4 Å². The van der Waals surface area contributed by atoms with Crippen molar-refractivity contribution in [2.24, 2.45) is 0 Å². The molecule has 132 valence electrons. The van der Waals surface area contributed by atoms with Crippen LogP contribution >= 0.6 is 11.6 Å². The van der Waals surface area contributed by atoms with Gasteiger partial charge in [0.25, 0.3) is 0 Å². The highest BCUT2D eigenvalue weighted by Crippen LogP contribution is 2.34. The van der Waals surface area contributed by atoms with Crippen molar-refractivity contribution >= 4 is 23.3 Å². The molecule has 1 aliphatic heterocycles. The standard InChI is InChI=1S/C21H20ClN3O/c1-2-18-20-8-5-13-24(20)19-7-4-3-6-15(19)14-25(18)21(26)23-17-11-9-16(22)10-12-17/h3-13,18H,2,14H2,1H3,(H,23,26)/t18-/m0/s1. The Hall–Kier alpha value is -2.72. The number of carbonyl (C=O) groups excluding carboxylic acids is 1. The minimum atomic E-state index is -0.108. The van der Waals surface area contributed by atoms with E-state index in [2.05, 4.69) is 41.2 Å². The first-order valence-electron chi connectivity index (χ1n) is 8.76. The number of hydrogen-bond donors (Lipinski definition) is 1. The first-order chi connectivity index (χ1) is 12.7. The van der Waals surface area contributed by atoms with Gasteiger partial charge < -0.3 is 14.8 Å². The largest absolute Gasteiger partial charge is 0.322 e. The van der Waals surface area contributed by atoms with Crippen LogP contribution in [-0.2, 0) is 6.54 Å². The van der Waals surface area contributed by atoms with Crippen molar-refractivity contribution in [3.63, 3.8) is 0 Å². The fourth-order valence-electron chi connectivity index (χ4n) is 3.59. The second-order valence-electron chi connectivity index (χ2n) is 6.42. The number of anilines is 1.